The molecule has 0 fully saturated rings. The van der Waals surface area contributed by atoms with Gasteiger partial charge in [0.1, 0.15) is 0 Å². The van der Waals surface area contributed by atoms with Crippen molar-refractivity contribution >= 4 is 33.8 Å². The number of benzene rings is 1. The number of azo groups is 1. The highest BCUT2D eigenvalue weighted by molar-refractivity contribution is 7.13. The highest BCUT2D eigenvalue weighted by Crippen LogP contribution is 2.23. The van der Waals surface area contributed by atoms with Crippen molar-refractivity contribution in [2.45, 2.75) is 6.42 Å². The zero-order chi connectivity index (χ0) is 14.5. The molecule has 104 valence electrons. The predicted molar refractivity (Wildman–Crippen MR) is 78.4 cm³/mol. The highest BCUT2D eigenvalue weighted by Gasteiger charge is 2.05. The molecule has 0 radical (unpaired) electrons. The first kappa shape index (κ1) is 14.1. The van der Waals surface area contributed by atoms with E-state index in [4.69, 9.17) is 5.11 Å². The summed E-state index contributed by atoms with van der Waals surface area (Å²) < 4.78 is 0. The molecule has 20 heavy (non-hydrogen) atoms. The molecule has 0 aliphatic rings. The van der Waals surface area contributed by atoms with Gasteiger partial charge in [-0.25, -0.2) is 4.98 Å². The number of nitrogens with zero attached hydrogens (tertiary/aromatic N) is 4. The lowest BCUT2D eigenvalue weighted by molar-refractivity contribution is -0.136. The van der Waals surface area contributed by atoms with Gasteiger partial charge in [-0.2, -0.15) is 0 Å². The molecule has 2 aromatic rings. The topological polar surface area (TPSA) is 78.2 Å². The molecule has 0 amide bonds. The van der Waals surface area contributed by atoms with Crippen LogP contribution in [0.5, 0.6) is 0 Å². The maximum atomic E-state index is 10.6. The molecule has 0 bridgehead atoms. The molecule has 1 heterocycles. The van der Waals surface area contributed by atoms with Crippen LogP contribution in [0.4, 0.5) is 16.5 Å². The highest BCUT2D eigenvalue weighted by atomic mass is 32.1. The zero-order valence-corrected chi connectivity index (χ0v) is 12.0. The Morgan fingerprint density at radius 3 is 2.60 bits per heavy atom. The van der Waals surface area contributed by atoms with E-state index in [1.165, 1.54) is 11.3 Å². The van der Waals surface area contributed by atoms with E-state index in [9.17, 15) is 4.79 Å². The first-order chi connectivity index (χ1) is 9.54. The van der Waals surface area contributed by atoms with Gasteiger partial charge in [-0.1, -0.05) is 0 Å². The molecule has 7 heteroatoms. The van der Waals surface area contributed by atoms with Gasteiger partial charge in [-0.05, 0) is 24.3 Å². The van der Waals surface area contributed by atoms with E-state index >= 15 is 0 Å². The average Bonchev–Trinajstić information content (AvgIpc) is 2.83. The van der Waals surface area contributed by atoms with Crippen LogP contribution in [0, 0.1) is 0 Å². The summed E-state index contributed by atoms with van der Waals surface area (Å²) in [6.07, 6.45) is -0.0937. The van der Waals surface area contributed by atoms with E-state index in [1.807, 2.05) is 43.3 Å². The number of rotatable bonds is 5. The zero-order valence-electron chi connectivity index (χ0n) is 11.1. The van der Waals surface area contributed by atoms with E-state index < -0.39 is 5.97 Å². The minimum absolute atomic E-state index is 0.0937. The number of hydrogen-bond donors (Lipinski definition) is 1. The van der Waals surface area contributed by atoms with Gasteiger partial charge in [-0.3, -0.25) is 4.79 Å². The molecule has 0 atom stereocenters. The maximum Gasteiger partial charge on any atom is 0.309 e. The largest absolute Gasteiger partial charge is 0.481 e. The summed E-state index contributed by atoms with van der Waals surface area (Å²) in [5, 5.41) is 18.9. The molecular weight excluding hydrogens is 276 g/mol. The third kappa shape index (κ3) is 3.86. The molecule has 1 aromatic heterocycles. The van der Waals surface area contributed by atoms with Gasteiger partial charge in [0.15, 0.2) is 0 Å². The molecule has 0 spiro atoms. The monoisotopic (exact) mass is 290 g/mol. The summed E-state index contributed by atoms with van der Waals surface area (Å²) in [6.45, 7) is 0. The number of carbonyl (C=O) groups is 1. The van der Waals surface area contributed by atoms with E-state index in [-0.39, 0.29) is 6.42 Å². The fourth-order valence-electron chi connectivity index (χ4n) is 1.50. The van der Waals surface area contributed by atoms with Crippen molar-refractivity contribution in [2.75, 3.05) is 19.0 Å². The minimum Gasteiger partial charge on any atom is -0.481 e. The first-order valence-corrected chi connectivity index (χ1v) is 6.78. The summed E-state index contributed by atoms with van der Waals surface area (Å²) in [5.74, 6) is -0.905. The Kier molecular flexibility index (Phi) is 4.41. The van der Waals surface area contributed by atoms with E-state index in [1.54, 1.807) is 5.38 Å². The van der Waals surface area contributed by atoms with Crippen molar-refractivity contribution < 1.29 is 9.90 Å². The summed E-state index contributed by atoms with van der Waals surface area (Å²) >= 11 is 1.28. The van der Waals surface area contributed by atoms with Crippen LogP contribution >= 0.6 is 11.3 Å². The van der Waals surface area contributed by atoms with Crippen LogP contribution < -0.4 is 4.90 Å². The van der Waals surface area contributed by atoms with Crippen LogP contribution in [0.25, 0.3) is 0 Å². The maximum absolute atomic E-state index is 10.6. The Bertz CT molecular complexity index is 620. The molecule has 0 unspecified atom stereocenters. The summed E-state index contributed by atoms with van der Waals surface area (Å²) in [4.78, 5) is 16.6. The third-order valence-corrected chi connectivity index (χ3v) is 3.26. The van der Waals surface area contributed by atoms with Gasteiger partial charge >= 0.3 is 5.97 Å². The first-order valence-electron chi connectivity index (χ1n) is 5.90. The smallest absolute Gasteiger partial charge is 0.309 e. The van der Waals surface area contributed by atoms with Gasteiger partial charge in [0.2, 0.25) is 5.13 Å². The van der Waals surface area contributed by atoms with Crippen LogP contribution in [-0.4, -0.2) is 30.2 Å². The minimum atomic E-state index is -0.905. The molecular formula is C13H14N4O2S. The van der Waals surface area contributed by atoms with E-state index in [2.05, 4.69) is 15.2 Å². The van der Waals surface area contributed by atoms with Crippen molar-refractivity contribution in [1.29, 1.82) is 0 Å². The Morgan fingerprint density at radius 2 is 2.00 bits per heavy atom. The lowest BCUT2D eigenvalue weighted by Crippen LogP contribution is -2.07. The number of aliphatic carboxylic acids is 1. The molecule has 1 aromatic carbocycles. The van der Waals surface area contributed by atoms with E-state index in [0.29, 0.717) is 10.8 Å². The summed E-state index contributed by atoms with van der Waals surface area (Å²) in [6, 6.07) is 7.63. The molecule has 0 aliphatic carbocycles. The van der Waals surface area contributed by atoms with Crippen molar-refractivity contribution in [3.63, 3.8) is 0 Å². The van der Waals surface area contributed by atoms with Crippen LogP contribution in [-0.2, 0) is 11.2 Å². The van der Waals surface area contributed by atoms with Crippen LogP contribution in [0.15, 0.2) is 39.9 Å². The van der Waals surface area contributed by atoms with Crippen molar-refractivity contribution in [1.82, 2.24) is 4.98 Å². The second kappa shape index (κ2) is 6.25. The van der Waals surface area contributed by atoms with Gasteiger partial charge < -0.3 is 10.0 Å². The number of carboxylic acid groups (broad SMARTS) is 1. The summed E-state index contributed by atoms with van der Waals surface area (Å²) in [5.41, 5.74) is 2.31. The normalized spacial score (nSPS) is 10.9. The van der Waals surface area contributed by atoms with Gasteiger partial charge in [-0.15, -0.1) is 21.6 Å². The fourth-order valence-corrected chi connectivity index (χ4v) is 2.13. The van der Waals surface area contributed by atoms with Crippen molar-refractivity contribution in [3.05, 3.63) is 35.3 Å². The molecule has 1 N–H and O–H groups in total. The number of anilines is 1. The Hall–Kier alpha value is -2.28. The quantitative estimate of drug-likeness (QED) is 0.857. The number of thiazole rings is 1. The number of hydrogen-bond acceptors (Lipinski definition) is 6. The molecule has 0 aliphatic heterocycles. The lowest BCUT2D eigenvalue weighted by Gasteiger charge is -2.11. The standard InChI is InChI=1S/C13H14N4O2S/c1-17(2)11-5-3-9(4-6-11)15-16-13-14-10(8-20-13)7-12(18)19/h3-6,8H,7H2,1-2H3,(H,18,19). The Labute approximate surface area is 120 Å². The van der Waals surface area contributed by atoms with Crippen LogP contribution in [0.2, 0.25) is 0 Å². The lowest BCUT2D eigenvalue weighted by atomic mass is 10.3. The molecule has 2 rings (SSSR count). The molecule has 0 saturated heterocycles. The Balaban J connectivity index is 2.05. The fraction of sp³-hybridized carbons (Fsp3) is 0.231. The van der Waals surface area contributed by atoms with E-state index in [0.717, 1.165) is 11.4 Å². The van der Waals surface area contributed by atoms with Gasteiger partial charge in [0.05, 0.1) is 17.8 Å². The Morgan fingerprint density at radius 1 is 1.30 bits per heavy atom. The summed E-state index contributed by atoms with van der Waals surface area (Å²) in [7, 11) is 3.94. The van der Waals surface area contributed by atoms with Crippen LogP contribution in [0.3, 0.4) is 0 Å². The van der Waals surface area contributed by atoms with Gasteiger partial charge in [0.25, 0.3) is 0 Å². The van der Waals surface area contributed by atoms with Crippen LogP contribution in [0.1, 0.15) is 5.69 Å². The SMILES string of the molecule is CN(C)c1ccc(N=Nc2nc(CC(=O)O)cs2)cc1. The number of carboxylic acids is 1. The molecule has 6 nitrogen and oxygen atoms in total. The second-order valence-electron chi connectivity index (χ2n) is 4.30. The van der Waals surface area contributed by atoms with Gasteiger partial charge in [0, 0.05) is 25.2 Å². The van der Waals surface area contributed by atoms with Crippen molar-refractivity contribution in [2.24, 2.45) is 10.2 Å². The second-order valence-corrected chi connectivity index (χ2v) is 5.14. The van der Waals surface area contributed by atoms with Crippen molar-refractivity contribution in [3.8, 4) is 0 Å². The predicted octanol–water partition coefficient (Wildman–Crippen LogP) is 3.25. The molecule has 0 saturated carbocycles. The average molecular weight is 290 g/mol. The third-order valence-electron chi connectivity index (χ3n) is 2.49. The number of aromatic nitrogens is 1.